The van der Waals surface area contributed by atoms with Crippen molar-refractivity contribution in [2.24, 2.45) is 7.05 Å². The first-order valence-electron chi connectivity index (χ1n) is 7.35. The Hall–Kier alpha value is -0.720. The Morgan fingerprint density at radius 3 is 3.24 bits per heavy atom. The van der Waals surface area contributed by atoms with Crippen LogP contribution in [0.5, 0.6) is 0 Å². The Morgan fingerprint density at radius 2 is 2.48 bits per heavy atom. The Bertz CT molecular complexity index is 487. The summed E-state index contributed by atoms with van der Waals surface area (Å²) in [6.07, 6.45) is 5.71. The molecule has 2 aliphatic rings. The maximum Gasteiger partial charge on any atom is 0.222 e. The van der Waals surface area contributed by atoms with E-state index in [1.54, 1.807) is 0 Å². The summed E-state index contributed by atoms with van der Waals surface area (Å²) < 4.78 is 1.94. The van der Waals surface area contributed by atoms with Crippen LogP contribution >= 0.6 is 24.2 Å². The normalized spacial score (nSPS) is 24.8. The number of halogens is 1. The van der Waals surface area contributed by atoms with Crippen LogP contribution in [0, 0.1) is 0 Å². The molecule has 1 amide bonds. The van der Waals surface area contributed by atoms with Gasteiger partial charge in [0.1, 0.15) is 0 Å². The molecule has 1 aliphatic heterocycles. The van der Waals surface area contributed by atoms with Crippen LogP contribution < -0.4 is 10.6 Å². The van der Waals surface area contributed by atoms with Gasteiger partial charge in [0.15, 0.2) is 0 Å². The molecule has 3 rings (SSSR count). The minimum atomic E-state index is 0. The Morgan fingerprint density at radius 1 is 1.62 bits per heavy atom. The molecule has 1 aromatic heterocycles. The lowest BCUT2D eigenvalue weighted by Gasteiger charge is -2.26. The van der Waals surface area contributed by atoms with E-state index in [1.807, 2.05) is 29.7 Å². The summed E-state index contributed by atoms with van der Waals surface area (Å²) in [6, 6.07) is 0.474. The molecule has 0 saturated carbocycles. The molecule has 0 radical (unpaired) electrons. The van der Waals surface area contributed by atoms with Gasteiger partial charge in [-0.1, -0.05) is 0 Å². The molecule has 2 atom stereocenters. The zero-order valence-corrected chi connectivity index (χ0v) is 13.9. The smallest absolute Gasteiger partial charge is 0.222 e. The molecule has 21 heavy (non-hydrogen) atoms. The second-order valence-electron chi connectivity index (χ2n) is 5.61. The van der Waals surface area contributed by atoms with E-state index in [1.165, 1.54) is 11.3 Å². The first-order chi connectivity index (χ1) is 9.74. The predicted octanol–water partition coefficient (Wildman–Crippen LogP) is 1.43. The zero-order valence-electron chi connectivity index (χ0n) is 12.3. The fourth-order valence-corrected chi connectivity index (χ4v) is 4.03. The van der Waals surface area contributed by atoms with E-state index >= 15 is 0 Å². The van der Waals surface area contributed by atoms with E-state index in [-0.39, 0.29) is 24.4 Å². The topological polar surface area (TPSA) is 59.0 Å². The number of nitrogens with one attached hydrogen (secondary N) is 2. The van der Waals surface area contributed by atoms with Crippen molar-refractivity contribution in [2.45, 2.75) is 37.8 Å². The van der Waals surface area contributed by atoms with Gasteiger partial charge in [-0.05, 0) is 19.3 Å². The quantitative estimate of drug-likeness (QED) is 0.880. The third-order valence-corrected chi connectivity index (χ3v) is 5.27. The average Bonchev–Trinajstić information content (AvgIpc) is 2.83. The molecular formula is C14H23ClN4OS. The summed E-state index contributed by atoms with van der Waals surface area (Å²) in [7, 11) is 1.98. The number of carbonyl (C=O) groups excluding carboxylic acids is 1. The summed E-state index contributed by atoms with van der Waals surface area (Å²) >= 11 is 1.93. The summed E-state index contributed by atoms with van der Waals surface area (Å²) in [5.41, 5.74) is 2.48. The second-order valence-corrected chi connectivity index (χ2v) is 6.76. The van der Waals surface area contributed by atoms with Crippen LogP contribution in [-0.2, 0) is 18.3 Å². The Kier molecular flexibility index (Phi) is 5.96. The lowest BCUT2D eigenvalue weighted by Crippen LogP contribution is -2.42. The van der Waals surface area contributed by atoms with Crippen molar-refractivity contribution in [1.29, 1.82) is 0 Å². The molecule has 1 fully saturated rings. The van der Waals surface area contributed by atoms with Crippen molar-refractivity contribution in [1.82, 2.24) is 20.4 Å². The van der Waals surface area contributed by atoms with Crippen LogP contribution in [0.2, 0.25) is 0 Å². The van der Waals surface area contributed by atoms with Gasteiger partial charge in [0.2, 0.25) is 5.91 Å². The molecule has 7 heteroatoms. The molecule has 2 unspecified atom stereocenters. The molecular weight excluding hydrogens is 308 g/mol. The fourth-order valence-electron chi connectivity index (χ4n) is 3.08. The van der Waals surface area contributed by atoms with E-state index < -0.39 is 0 Å². The summed E-state index contributed by atoms with van der Waals surface area (Å²) in [6.45, 7) is 1.01. The lowest BCUT2D eigenvalue weighted by atomic mass is 9.93. The summed E-state index contributed by atoms with van der Waals surface area (Å²) in [5.74, 6) is 2.35. The molecule has 118 valence electrons. The van der Waals surface area contributed by atoms with E-state index in [2.05, 4.69) is 15.7 Å². The minimum Gasteiger partial charge on any atom is -0.349 e. The van der Waals surface area contributed by atoms with E-state index in [0.29, 0.717) is 12.5 Å². The number of fused-ring (bicyclic) bond motifs is 1. The van der Waals surface area contributed by atoms with Crippen LogP contribution in [0.15, 0.2) is 6.20 Å². The molecule has 1 saturated heterocycles. The van der Waals surface area contributed by atoms with Crippen LogP contribution in [-0.4, -0.2) is 39.8 Å². The molecule has 1 aliphatic carbocycles. The molecule has 2 N–H and O–H groups in total. The summed E-state index contributed by atoms with van der Waals surface area (Å²) in [4.78, 5) is 12.2. The highest BCUT2D eigenvalue weighted by Crippen LogP contribution is 2.29. The molecule has 1 aromatic rings. The highest BCUT2D eigenvalue weighted by Gasteiger charge is 2.25. The van der Waals surface area contributed by atoms with Crippen molar-refractivity contribution in [3.05, 3.63) is 17.5 Å². The standard InChI is InChI=1S/C14H22N4OS.ClH/c1-18-13-4-2-3-12(11(13)8-16-18)17-14(19)7-10-9-20-6-5-15-10;/h8,10,12,15H,2-7,9H2,1H3,(H,17,19);1H. The number of aryl methyl sites for hydroxylation is 1. The van der Waals surface area contributed by atoms with E-state index in [0.717, 1.165) is 37.3 Å². The van der Waals surface area contributed by atoms with Crippen molar-refractivity contribution in [2.75, 3.05) is 18.1 Å². The lowest BCUT2D eigenvalue weighted by molar-refractivity contribution is -0.122. The molecule has 2 heterocycles. The first kappa shape index (κ1) is 16.6. The maximum absolute atomic E-state index is 12.2. The first-order valence-corrected chi connectivity index (χ1v) is 8.51. The number of thioether (sulfide) groups is 1. The highest BCUT2D eigenvalue weighted by atomic mass is 35.5. The minimum absolute atomic E-state index is 0. The van der Waals surface area contributed by atoms with Crippen molar-refractivity contribution < 1.29 is 4.79 Å². The van der Waals surface area contributed by atoms with Crippen molar-refractivity contribution >= 4 is 30.1 Å². The van der Waals surface area contributed by atoms with Crippen molar-refractivity contribution in [3.8, 4) is 0 Å². The molecule has 0 spiro atoms. The van der Waals surface area contributed by atoms with Crippen LogP contribution in [0.1, 0.15) is 36.6 Å². The number of hydrogen-bond acceptors (Lipinski definition) is 4. The maximum atomic E-state index is 12.2. The third-order valence-electron chi connectivity index (χ3n) is 4.14. The largest absolute Gasteiger partial charge is 0.349 e. The number of amides is 1. The number of aromatic nitrogens is 2. The Balaban J connectivity index is 0.00000161. The summed E-state index contributed by atoms with van der Waals surface area (Å²) in [5, 5.41) is 10.9. The van der Waals surface area contributed by atoms with Gasteiger partial charge in [0.25, 0.3) is 0 Å². The highest BCUT2D eigenvalue weighted by molar-refractivity contribution is 7.99. The predicted molar refractivity (Wildman–Crippen MR) is 88.0 cm³/mol. The Labute approximate surface area is 136 Å². The number of rotatable bonds is 3. The van der Waals surface area contributed by atoms with E-state index in [9.17, 15) is 4.79 Å². The monoisotopic (exact) mass is 330 g/mol. The number of nitrogens with zero attached hydrogens (tertiary/aromatic N) is 2. The van der Waals surface area contributed by atoms with E-state index in [4.69, 9.17) is 0 Å². The van der Waals surface area contributed by atoms with Crippen LogP contribution in [0.4, 0.5) is 0 Å². The average molecular weight is 331 g/mol. The van der Waals surface area contributed by atoms with Gasteiger partial charge in [0.05, 0.1) is 12.2 Å². The third kappa shape index (κ3) is 3.93. The number of carbonyl (C=O) groups is 1. The van der Waals surface area contributed by atoms with Gasteiger partial charge in [-0.15, -0.1) is 12.4 Å². The van der Waals surface area contributed by atoms with Crippen LogP contribution in [0.25, 0.3) is 0 Å². The van der Waals surface area contributed by atoms with Crippen molar-refractivity contribution in [3.63, 3.8) is 0 Å². The van der Waals surface area contributed by atoms with Gasteiger partial charge in [-0.3, -0.25) is 9.48 Å². The van der Waals surface area contributed by atoms with Gasteiger partial charge in [-0.2, -0.15) is 16.9 Å². The van der Waals surface area contributed by atoms with Crippen LogP contribution in [0.3, 0.4) is 0 Å². The molecule has 0 bridgehead atoms. The molecule has 5 nitrogen and oxygen atoms in total. The zero-order chi connectivity index (χ0) is 13.9. The second kappa shape index (κ2) is 7.51. The van der Waals surface area contributed by atoms with Gasteiger partial charge >= 0.3 is 0 Å². The van der Waals surface area contributed by atoms with Gasteiger partial charge in [-0.25, -0.2) is 0 Å². The molecule has 0 aromatic carbocycles. The number of hydrogen-bond donors (Lipinski definition) is 2. The SMILES string of the molecule is Cl.Cn1ncc2c1CCCC2NC(=O)CC1CSCCN1. The fraction of sp³-hybridized carbons (Fsp3) is 0.714. The van der Waals surface area contributed by atoms with Gasteiger partial charge < -0.3 is 10.6 Å². The van der Waals surface area contributed by atoms with Gasteiger partial charge in [0, 0.05) is 48.8 Å².